The highest BCUT2D eigenvalue weighted by atomic mass is 16.5. The van der Waals surface area contributed by atoms with E-state index < -0.39 is 12.1 Å². The van der Waals surface area contributed by atoms with Crippen LogP contribution in [0.1, 0.15) is 60.0 Å². The fourth-order valence-corrected chi connectivity index (χ4v) is 4.15. The topological polar surface area (TPSA) is 66.8 Å². The third-order valence-electron chi connectivity index (χ3n) is 5.66. The molecule has 0 bridgehead atoms. The van der Waals surface area contributed by atoms with Gasteiger partial charge >= 0.3 is 5.97 Å². The van der Waals surface area contributed by atoms with Crippen molar-refractivity contribution in [2.24, 2.45) is 5.92 Å². The lowest BCUT2D eigenvalue weighted by molar-refractivity contribution is 0.0137. The van der Waals surface area contributed by atoms with Gasteiger partial charge in [-0.05, 0) is 53.6 Å². The molecule has 0 aromatic heterocycles. The second kappa shape index (κ2) is 9.85. The monoisotopic (exact) mass is 382 g/mol. The quantitative estimate of drug-likeness (QED) is 0.658. The van der Waals surface area contributed by atoms with Crippen molar-refractivity contribution in [1.82, 2.24) is 0 Å². The molecule has 2 aromatic carbocycles. The minimum absolute atomic E-state index is 0.287. The summed E-state index contributed by atoms with van der Waals surface area (Å²) < 4.78 is 5.75. The summed E-state index contributed by atoms with van der Waals surface area (Å²) in [5.74, 6) is -0.316. The zero-order chi connectivity index (χ0) is 19.9. The highest BCUT2D eigenvalue weighted by molar-refractivity contribution is 5.96. The van der Waals surface area contributed by atoms with Crippen LogP contribution >= 0.6 is 0 Å². The van der Waals surface area contributed by atoms with Gasteiger partial charge in [0, 0.05) is 0 Å². The van der Waals surface area contributed by atoms with Crippen molar-refractivity contribution in [3.63, 3.8) is 0 Å². The van der Waals surface area contributed by atoms with Crippen LogP contribution in [-0.2, 0) is 11.3 Å². The fourth-order valence-electron chi connectivity index (χ4n) is 4.15. The van der Waals surface area contributed by atoms with Crippen LogP contribution in [0.4, 0.5) is 0 Å². The molecule has 2 aromatic rings. The van der Waals surface area contributed by atoms with Gasteiger partial charge < -0.3 is 14.9 Å². The molecule has 0 aliphatic heterocycles. The molecule has 0 heterocycles. The van der Waals surface area contributed by atoms with Crippen LogP contribution in [0, 0.1) is 12.8 Å². The summed E-state index contributed by atoms with van der Waals surface area (Å²) in [5.41, 5.74) is 3.85. The van der Waals surface area contributed by atoms with Gasteiger partial charge in [0.2, 0.25) is 0 Å². The van der Waals surface area contributed by atoms with Gasteiger partial charge in [-0.25, -0.2) is 4.79 Å². The third kappa shape index (κ3) is 5.43. The van der Waals surface area contributed by atoms with Crippen molar-refractivity contribution >= 4 is 5.97 Å². The first kappa shape index (κ1) is 20.6. The zero-order valence-corrected chi connectivity index (χ0v) is 16.6. The Morgan fingerprint density at radius 1 is 1.11 bits per heavy atom. The number of ether oxygens (including phenoxy) is 1. The number of carbonyl (C=O) groups is 1. The van der Waals surface area contributed by atoms with Gasteiger partial charge in [-0.15, -0.1) is 0 Å². The minimum atomic E-state index is -0.936. The van der Waals surface area contributed by atoms with E-state index in [-0.39, 0.29) is 5.56 Å². The van der Waals surface area contributed by atoms with Crippen molar-refractivity contribution in [3.8, 4) is 11.1 Å². The number of hydrogen-bond donors (Lipinski definition) is 2. The number of aryl methyl sites for hydroxylation is 1. The Kier molecular flexibility index (Phi) is 7.24. The first-order chi connectivity index (χ1) is 13.5. The van der Waals surface area contributed by atoms with E-state index in [1.807, 2.05) is 37.3 Å². The average molecular weight is 383 g/mol. The zero-order valence-electron chi connectivity index (χ0n) is 16.6. The number of benzene rings is 2. The number of rotatable bonds is 8. The summed E-state index contributed by atoms with van der Waals surface area (Å²) >= 11 is 0. The molecule has 150 valence electrons. The maximum Gasteiger partial charge on any atom is 0.336 e. The number of carboxylic acid groups (broad SMARTS) is 1. The molecular weight excluding hydrogens is 352 g/mol. The summed E-state index contributed by atoms with van der Waals surface area (Å²) in [6.45, 7) is 2.66. The van der Waals surface area contributed by atoms with Gasteiger partial charge in [0.1, 0.15) is 0 Å². The molecule has 0 radical (unpaired) electrons. The molecule has 28 heavy (non-hydrogen) atoms. The summed E-state index contributed by atoms with van der Waals surface area (Å²) in [4.78, 5) is 11.6. The van der Waals surface area contributed by atoms with E-state index in [9.17, 15) is 15.0 Å². The lowest BCUT2D eigenvalue weighted by Gasteiger charge is -2.24. The van der Waals surface area contributed by atoms with E-state index in [0.717, 1.165) is 23.1 Å². The van der Waals surface area contributed by atoms with Crippen molar-refractivity contribution in [1.29, 1.82) is 0 Å². The number of carboxylic acids is 1. The third-order valence-corrected chi connectivity index (χ3v) is 5.66. The smallest absolute Gasteiger partial charge is 0.336 e. The molecule has 1 atom stereocenters. The van der Waals surface area contributed by atoms with Gasteiger partial charge in [0.25, 0.3) is 0 Å². The molecule has 3 rings (SSSR count). The Hall–Kier alpha value is -2.17. The van der Waals surface area contributed by atoms with Gasteiger partial charge in [0.05, 0.1) is 24.9 Å². The molecule has 0 unspecified atom stereocenters. The fraction of sp³-hybridized carbons (Fsp3) is 0.458. The number of aliphatic hydroxyl groups excluding tert-OH is 1. The van der Waals surface area contributed by atoms with Crippen molar-refractivity contribution < 1.29 is 19.7 Å². The van der Waals surface area contributed by atoms with Gasteiger partial charge in [-0.2, -0.15) is 0 Å². The van der Waals surface area contributed by atoms with E-state index in [1.165, 1.54) is 32.1 Å². The molecule has 2 N–H and O–H groups in total. The largest absolute Gasteiger partial charge is 0.478 e. The summed E-state index contributed by atoms with van der Waals surface area (Å²) in [6, 6.07) is 13.1. The van der Waals surface area contributed by atoms with Crippen LogP contribution in [0.2, 0.25) is 0 Å². The Labute approximate surface area is 167 Å². The number of hydrogen-bond acceptors (Lipinski definition) is 3. The Bertz CT molecular complexity index is 793. The highest BCUT2D eigenvalue weighted by Crippen LogP contribution is 2.29. The SMILES string of the molecule is Cc1ccccc1-c1cc(COC[C@H](O)CC2CCCCC2)ccc1C(=O)O. The van der Waals surface area contributed by atoms with Crippen molar-refractivity contribution in [3.05, 3.63) is 59.2 Å². The molecule has 1 saturated carbocycles. The van der Waals surface area contributed by atoms with Crippen LogP contribution in [0.25, 0.3) is 11.1 Å². The Morgan fingerprint density at radius 3 is 2.57 bits per heavy atom. The maximum atomic E-state index is 11.6. The lowest BCUT2D eigenvalue weighted by Crippen LogP contribution is -2.21. The normalized spacial score (nSPS) is 16.1. The molecule has 4 nitrogen and oxygen atoms in total. The molecule has 1 aliphatic carbocycles. The maximum absolute atomic E-state index is 11.6. The van der Waals surface area contributed by atoms with Gasteiger partial charge in [-0.1, -0.05) is 62.4 Å². The minimum Gasteiger partial charge on any atom is -0.478 e. The second-order valence-corrected chi connectivity index (χ2v) is 7.91. The molecule has 0 spiro atoms. The van der Waals surface area contributed by atoms with Crippen LogP contribution in [0.15, 0.2) is 42.5 Å². The van der Waals surface area contributed by atoms with E-state index in [2.05, 4.69) is 0 Å². The molecule has 1 aliphatic rings. The van der Waals surface area contributed by atoms with Crippen LogP contribution in [0.5, 0.6) is 0 Å². The van der Waals surface area contributed by atoms with E-state index in [0.29, 0.717) is 24.7 Å². The summed E-state index contributed by atoms with van der Waals surface area (Å²) in [6.07, 6.45) is 6.68. The summed E-state index contributed by atoms with van der Waals surface area (Å²) in [7, 11) is 0. The predicted octanol–water partition coefficient (Wildman–Crippen LogP) is 5.21. The summed E-state index contributed by atoms with van der Waals surface area (Å²) in [5, 5.41) is 19.8. The lowest BCUT2D eigenvalue weighted by atomic mass is 9.85. The van der Waals surface area contributed by atoms with E-state index >= 15 is 0 Å². The first-order valence-corrected chi connectivity index (χ1v) is 10.2. The Morgan fingerprint density at radius 2 is 1.86 bits per heavy atom. The number of aromatic carboxylic acids is 1. The number of aliphatic hydroxyl groups is 1. The van der Waals surface area contributed by atoms with E-state index in [1.54, 1.807) is 12.1 Å². The van der Waals surface area contributed by atoms with E-state index in [4.69, 9.17) is 4.74 Å². The molecular formula is C24H30O4. The van der Waals surface area contributed by atoms with Crippen LogP contribution in [0.3, 0.4) is 0 Å². The first-order valence-electron chi connectivity index (χ1n) is 10.2. The standard InChI is InChI=1S/C24H30O4/c1-17-7-5-6-10-21(17)23-14-19(11-12-22(23)24(26)27)15-28-16-20(25)13-18-8-3-2-4-9-18/h5-7,10-12,14,18,20,25H,2-4,8-9,13,15-16H2,1H3,(H,26,27)/t20-/m1/s1. The molecule has 1 fully saturated rings. The predicted molar refractivity (Wildman–Crippen MR) is 110 cm³/mol. The molecule has 0 saturated heterocycles. The van der Waals surface area contributed by atoms with Crippen molar-refractivity contribution in [2.45, 2.75) is 58.2 Å². The van der Waals surface area contributed by atoms with Crippen molar-refractivity contribution in [2.75, 3.05) is 6.61 Å². The Balaban J connectivity index is 1.63. The van der Waals surface area contributed by atoms with Crippen LogP contribution < -0.4 is 0 Å². The van der Waals surface area contributed by atoms with Gasteiger partial charge in [-0.3, -0.25) is 0 Å². The second-order valence-electron chi connectivity index (χ2n) is 7.91. The highest BCUT2D eigenvalue weighted by Gasteiger charge is 2.18. The molecule has 4 heteroatoms. The van der Waals surface area contributed by atoms with Crippen LogP contribution in [-0.4, -0.2) is 28.9 Å². The van der Waals surface area contributed by atoms with Gasteiger partial charge in [0.15, 0.2) is 0 Å². The average Bonchev–Trinajstić information content (AvgIpc) is 2.69. The molecule has 0 amide bonds.